The van der Waals surface area contributed by atoms with Gasteiger partial charge in [-0.25, -0.2) is 0 Å². The third-order valence-corrected chi connectivity index (χ3v) is 2.60. The lowest BCUT2D eigenvalue weighted by Crippen LogP contribution is -2.33. The van der Waals surface area contributed by atoms with Gasteiger partial charge in [0.25, 0.3) is 0 Å². The van der Waals surface area contributed by atoms with Gasteiger partial charge >= 0.3 is 0 Å². The maximum absolute atomic E-state index is 11.1. The van der Waals surface area contributed by atoms with E-state index in [1.165, 1.54) is 5.57 Å². The van der Waals surface area contributed by atoms with Crippen LogP contribution in [0.3, 0.4) is 0 Å². The third kappa shape index (κ3) is 4.63. The normalized spacial score (nSPS) is 15.3. The van der Waals surface area contributed by atoms with E-state index in [2.05, 4.69) is 25.4 Å². The summed E-state index contributed by atoms with van der Waals surface area (Å²) in [6.07, 6.45) is 3.71. The highest BCUT2D eigenvalue weighted by atomic mass is 16.1. The molecule has 0 spiro atoms. The molecular weight excluding hydrogens is 186 g/mol. The summed E-state index contributed by atoms with van der Waals surface area (Å²) in [4.78, 5) is 11.1. The number of ketones is 1. The Morgan fingerprint density at radius 3 is 2.27 bits per heavy atom. The van der Waals surface area contributed by atoms with E-state index in [9.17, 15) is 4.79 Å². The van der Waals surface area contributed by atoms with Crippen LogP contribution in [-0.4, -0.2) is 11.8 Å². The fourth-order valence-electron chi connectivity index (χ4n) is 1.11. The topological polar surface area (TPSA) is 29.1 Å². The Kier molecular flexibility index (Phi) is 5.68. The minimum Gasteiger partial charge on any atom is -0.379 e. The molecule has 0 aromatic heterocycles. The number of rotatable bonds is 6. The highest BCUT2D eigenvalue weighted by Crippen LogP contribution is 2.16. The summed E-state index contributed by atoms with van der Waals surface area (Å²) in [6.45, 7) is 15.1. The van der Waals surface area contributed by atoms with Crippen molar-refractivity contribution in [3.63, 3.8) is 0 Å². The van der Waals surface area contributed by atoms with Crippen molar-refractivity contribution >= 4 is 5.78 Å². The van der Waals surface area contributed by atoms with Gasteiger partial charge in [-0.15, -0.1) is 0 Å². The SMILES string of the molecule is C=C/C=C(\C)[C@H](C)C(=C)N[C@@H](C)C(C)=O. The van der Waals surface area contributed by atoms with Crippen molar-refractivity contribution in [3.05, 3.63) is 36.6 Å². The fraction of sp³-hybridized carbons (Fsp3) is 0.462. The highest BCUT2D eigenvalue weighted by molar-refractivity contribution is 5.81. The van der Waals surface area contributed by atoms with E-state index >= 15 is 0 Å². The summed E-state index contributed by atoms with van der Waals surface area (Å²) in [5.74, 6) is 0.332. The van der Waals surface area contributed by atoms with Gasteiger partial charge in [0.2, 0.25) is 0 Å². The van der Waals surface area contributed by atoms with Crippen LogP contribution in [0.1, 0.15) is 27.7 Å². The van der Waals surface area contributed by atoms with Crippen molar-refractivity contribution in [2.24, 2.45) is 5.92 Å². The zero-order chi connectivity index (χ0) is 12.0. The molecule has 2 heteroatoms. The third-order valence-electron chi connectivity index (χ3n) is 2.60. The molecular formula is C13H21NO. The average molecular weight is 207 g/mol. The van der Waals surface area contributed by atoms with E-state index in [-0.39, 0.29) is 17.7 Å². The molecule has 0 saturated heterocycles. The van der Waals surface area contributed by atoms with Gasteiger partial charge in [0, 0.05) is 11.6 Å². The van der Waals surface area contributed by atoms with Gasteiger partial charge in [-0.3, -0.25) is 4.79 Å². The standard InChI is InChI=1S/C13H21NO/c1-7-8-9(2)10(3)11(4)14-12(5)13(6)15/h7-8,10,12,14H,1,4H2,2-3,5-6H3/b9-8+/t10-,12-/m0/s1. The second kappa shape index (κ2) is 6.23. The van der Waals surface area contributed by atoms with Gasteiger partial charge in [-0.1, -0.05) is 37.8 Å². The second-order valence-corrected chi connectivity index (χ2v) is 3.87. The smallest absolute Gasteiger partial charge is 0.151 e. The molecule has 0 saturated carbocycles. The first-order chi connectivity index (χ1) is 6.90. The number of carbonyl (C=O) groups excluding carboxylic acids is 1. The number of hydrogen-bond acceptors (Lipinski definition) is 2. The minimum absolute atomic E-state index is 0.119. The molecule has 0 heterocycles. The molecule has 0 aliphatic heterocycles. The van der Waals surface area contributed by atoms with E-state index in [0.717, 1.165) is 5.70 Å². The lowest BCUT2D eigenvalue weighted by Gasteiger charge is -2.20. The van der Waals surface area contributed by atoms with Crippen LogP contribution in [0.15, 0.2) is 36.6 Å². The van der Waals surface area contributed by atoms with Crippen molar-refractivity contribution in [2.45, 2.75) is 33.7 Å². The summed E-state index contributed by atoms with van der Waals surface area (Å²) >= 11 is 0. The monoisotopic (exact) mass is 207 g/mol. The quantitative estimate of drug-likeness (QED) is 0.679. The van der Waals surface area contributed by atoms with Crippen LogP contribution in [0.2, 0.25) is 0 Å². The summed E-state index contributed by atoms with van der Waals surface area (Å²) in [6, 6.07) is -0.170. The van der Waals surface area contributed by atoms with Crippen molar-refractivity contribution in [2.75, 3.05) is 0 Å². The van der Waals surface area contributed by atoms with Crippen LogP contribution in [0.25, 0.3) is 0 Å². The van der Waals surface area contributed by atoms with Crippen molar-refractivity contribution in [1.82, 2.24) is 5.32 Å². The molecule has 0 unspecified atom stereocenters. The zero-order valence-electron chi connectivity index (χ0n) is 10.1. The van der Waals surface area contributed by atoms with Gasteiger partial charge < -0.3 is 5.32 Å². The van der Waals surface area contributed by atoms with Crippen LogP contribution >= 0.6 is 0 Å². The van der Waals surface area contributed by atoms with E-state index in [4.69, 9.17) is 0 Å². The maximum Gasteiger partial charge on any atom is 0.151 e. The minimum atomic E-state index is -0.170. The van der Waals surface area contributed by atoms with E-state index in [1.54, 1.807) is 13.0 Å². The van der Waals surface area contributed by atoms with Crippen LogP contribution in [0, 0.1) is 5.92 Å². The van der Waals surface area contributed by atoms with Crippen molar-refractivity contribution < 1.29 is 4.79 Å². The Balaban J connectivity index is 4.40. The van der Waals surface area contributed by atoms with Gasteiger partial charge in [0.15, 0.2) is 5.78 Å². The van der Waals surface area contributed by atoms with Crippen molar-refractivity contribution in [1.29, 1.82) is 0 Å². The van der Waals surface area contributed by atoms with Crippen LogP contribution in [-0.2, 0) is 4.79 Å². The number of allylic oxidation sites excluding steroid dienone is 3. The average Bonchev–Trinajstić information content (AvgIpc) is 2.16. The highest BCUT2D eigenvalue weighted by Gasteiger charge is 2.12. The van der Waals surface area contributed by atoms with Gasteiger partial charge in [0.05, 0.1) is 6.04 Å². The van der Waals surface area contributed by atoms with Crippen LogP contribution < -0.4 is 5.32 Å². The Morgan fingerprint density at radius 1 is 1.33 bits per heavy atom. The Morgan fingerprint density at radius 2 is 1.87 bits per heavy atom. The van der Waals surface area contributed by atoms with Crippen LogP contribution in [0.5, 0.6) is 0 Å². The van der Waals surface area contributed by atoms with Gasteiger partial charge in [0.1, 0.15) is 0 Å². The number of nitrogens with one attached hydrogen (secondary N) is 1. The first-order valence-electron chi connectivity index (χ1n) is 5.15. The summed E-state index contributed by atoms with van der Waals surface area (Å²) < 4.78 is 0. The predicted octanol–water partition coefficient (Wildman–Crippen LogP) is 2.84. The van der Waals surface area contributed by atoms with E-state index in [0.29, 0.717) is 0 Å². The molecule has 0 amide bonds. The first kappa shape index (κ1) is 13.7. The molecule has 0 aliphatic carbocycles. The first-order valence-corrected chi connectivity index (χ1v) is 5.15. The molecule has 0 aliphatic rings. The molecule has 0 rings (SSSR count). The number of carbonyl (C=O) groups is 1. The Hall–Kier alpha value is -1.31. The van der Waals surface area contributed by atoms with E-state index < -0.39 is 0 Å². The van der Waals surface area contributed by atoms with Crippen LogP contribution in [0.4, 0.5) is 0 Å². The number of hydrogen-bond donors (Lipinski definition) is 1. The molecule has 2 atom stereocenters. The molecule has 15 heavy (non-hydrogen) atoms. The maximum atomic E-state index is 11.1. The molecule has 84 valence electrons. The lowest BCUT2D eigenvalue weighted by atomic mass is 9.98. The summed E-state index contributed by atoms with van der Waals surface area (Å²) in [7, 11) is 0. The largest absolute Gasteiger partial charge is 0.379 e. The van der Waals surface area contributed by atoms with Gasteiger partial charge in [-0.2, -0.15) is 0 Å². The Bertz CT molecular complexity index is 289. The molecule has 0 radical (unpaired) electrons. The van der Waals surface area contributed by atoms with E-state index in [1.807, 2.05) is 19.9 Å². The lowest BCUT2D eigenvalue weighted by molar-refractivity contribution is -0.118. The zero-order valence-corrected chi connectivity index (χ0v) is 10.1. The summed E-state index contributed by atoms with van der Waals surface area (Å²) in [5.41, 5.74) is 2.05. The predicted molar refractivity (Wildman–Crippen MR) is 65.5 cm³/mol. The molecule has 0 aromatic carbocycles. The molecule has 2 nitrogen and oxygen atoms in total. The van der Waals surface area contributed by atoms with Gasteiger partial charge in [-0.05, 0) is 20.8 Å². The molecule has 0 bridgehead atoms. The Labute approximate surface area is 92.8 Å². The molecule has 0 fully saturated rings. The molecule has 1 N–H and O–H groups in total. The molecule has 0 aromatic rings. The number of Topliss-reactive ketones (excluding diaryl/α,β-unsaturated/α-hetero) is 1. The summed E-state index contributed by atoms with van der Waals surface area (Å²) in [5, 5.41) is 3.10. The second-order valence-electron chi connectivity index (χ2n) is 3.87. The van der Waals surface area contributed by atoms with Crippen molar-refractivity contribution in [3.8, 4) is 0 Å². The fourth-order valence-corrected chi connectivity index (χ4v) is 1.11.